The number of hydrogen-bond donors (Lipinski definition) is 1. The van der Waals surface area contributed by atoms with Gasteiger partial charge in [-0.2, -0.15) is 0 Å². The SMILES string of the molecule is CCOc1ccc(C(=O)N[C@H](C(=O)OCc2nc3ccccc3o2)C(C)C)cc1. The van der Waals surface area contributed by atoms with E-state index in [2.05, 4.69) is 10.3 Å². The number of aromatic nitrogens is 1. The third kappa shape index (κ3) is 5.13. The first-order valence-corrected chi connectivity index (χ1v) is 9.52. The maximum absolute atomic E-state index is 12.6. The minimum atomic E-state index is -0.793. The number of esters is 1. The van der Waals surface area contributed by atoms with Gasteiger partial charge in [0.15, 0.2) is 12.2 Å². The maximum atomic E-state index is 12.6. The highest BCUT2D eigenvalue weighted by Crippen LogP contribution is 2.16. The molecule has 0 spiro atoms. The van der Waals surface area contributed by atoms with Crippen molar-refractivity contribution in [2.75, 3.05) is 6.61 Å². The van der Waals surface area contributed by atoms with Crippen LogP contribution in [0.2, 0.25) is 0 Å². The molecule has 0 aliphatic rings. The number of nitrogens with one attached hydrogen (secondary N) is 1. The van der Waals surface area contributed by atoms with Crippen LogP contribution in [-0.4, -0.2) is 29.5 Å². The lowest BCUT2D eigenvalue weighted by atomic mass is 10.0. The van der Waals surface area contributed by atoms with Gasteiger partial charge >= 0.3 is 5.97 Å². The fourth-order valence-corrected chi connectivity index (χ4v) is 2.80. The van der Waals surface area contributed by atoms with E-state index in [1.807, 2.05) is 39.0 Å². The highest BCUT2D eigenvalue weighted by Gasteiger charge is 2.26. The van der Waals surface area contributed by atoms with Gasteiger partial charge in [0.05, 0.1) is 6.61 Å². The second-order valence-corrected chi connectivity index (χ2v) is 6.84. The summed E-state index contributed by atoms with van der Waals surface area (Å²) in [5.41, 5.74) is 1.76. The normalized spacial score (nSPS) is 12.0. The lowest BCUT2D eigenvalue weighted by Gasteiger charge is -2.20. The van der Waals surface area contributed by atoms with Crippen molar-refractivity contribution in [2.24, 2.45) is 5.92 Å². The van der Waals surface area contributed by atoms with Gasteiger partial charge in [-0.15, -0.1) is 0 Å². The molecular formula is C22H24N2O5. The molecule has 1 amide bonds. The predicted molar refractivity (Wildman–Crippen MR) is 108 cm³/mol. The summed E-state index contributed by atoms with van der Waals surface area (Å²) < 4.78 is 16.3. The summed E-state index contributed by atoms with van der Waals surface area (Å²) in [6.45, 7) is 6.01. The lowest BCUT2D eigenvalue weighted by molar-refractivity contribution is -0.149. The molecule has 1 atom stereocenters. The summed E-state index contributed by atoms with van der Waals surface area (Å²) in [7, 11) is 0. The van der Waals surface area contributed by atoms with Crippen LogP contribution in [0, 0.1) is 5.92 Å². The van der Waals surface area contributed by atoms with Gasteiger partial charge in [-0.3, -0.25) is 4.79 Å². The van der Waals surface area contributed by atoms with Crippen LogP contribution in [-0.2, 0) is 16.1 Å². The largest absolute Gasteiger partial charge is 0.494 e. The number of amides is 1. The molecule has 3 rings (SSSR count). The molecular weight excluding hydrogens is 372 g/mol. The Labute approximate surface area is 169 Å². The van der Waals surface area contributed by atoms with Gasteiger partial charge in [-0.25, -0.2) is 9.78 Å². The molecule has 0 aliphatic heterocycles. The van der Waals surface area contributed by atoms with Crippen LogP contribution in [0.5, 0.6) is 5.75 Å². The molecule has 2 aromatic carbocycles. The Hall–Kier alpha value is -3.35. The monoisotopic (exact) mass is 396 g/mol. The molecule has 0 unspecified atom stereocenters. The number of nitrogens with zero attached hydrogens (tertiary/aromatic N) is 1. The average molecular weight is 396 g/mol. The second kappa shape index (κ2) is 9.23. The van der Waals surface area contributed by atoms with Crippen molar-refractivity contribution >= 4 is 23.0 Å². The molecule has 0 aliphatic carbocycles. The molecule has 0 fully saturated rings. The quantitative estimate of drug-likeness (QED) is 0.584. The zero-order chi connectivity index (χ0) is 20.8. The Kier molecular flexibility index (Phi) is 6.49. The maximum Gasteiger partial charge on any atom is 0.329 e. The summed E-state index contributed by atoms with van der Waals surface area (Å²) >= 11 is 0. The van der Waals surface area contributed by atoms with E-state index in [1.54, 1.807) is 30.3 Å². The molecule has 29 heavy (non-hydrogen) atoms. The lowest BCUT2D eigenvalue weighted by Crippen LogP contribution is -2.45. The van der Waals surface area contributed by atoms with E-state index in [-0.39, 0.29) is 18.4 Å². The Morgan fingerprint density at radius 3 is 2.48 bits per heavy atom. The summed E-state index contributed by atoms with van der Waals surface area (Å²) in [5, 5.41) is 2.74. The highest BCUT2D eigenvalue weighted by atomic mass is 16.5. The fraction of sp³-hybridized carbons (Fsp3) is 0.318. The van der Waals surface area contributed by atoms with Gasteiger partial charge in [0.25, 0.3) is 5.91 Å². The van der Waals surface area contributed by atoms with Gasteiger partial charge in [-0.1, -0.05) is 26.0 Å². The first-order valence-electron chi connectivity index (χ1n) is 9.52. The van der Waals surface area contributed by atoms with Gasteiger partial charge in [0, 0.05) is 5.56 Å². The summed E-state index contributed by atoms with van der Waals surface area (Å²) in [5.74, 6) is -0.0630. The number of benzene rings is 2. The van der Waals surface area contributed by atoms with Gasteiger partial charge in [0.2, 0.25) is 5.89 Å². The van der Waals surface area contributed by atoms with E-state index in [9.17, 15) is 9.59 Å². The third-order valence-corrected chi connectivity index (χ3v) is 4.31. The number of rotatable bonds is 8. The van der Waals surface area contributed by atoms with Crippen molar-refractivity contribution in [3.05, 3.63) is 60.0 Å². The Balaban J connectivity index is 1.61. The Morgan fingerprint density at radius 1 is 1.10 bits per heavy atom. The molecule has 1 heterocycles. The first kappa shape index (κ1) is 20.4. The van der Waals surface area contributed by atoms with Crippen LogP contribution in [0.4, 0.5) is 0 Å². The molecule has 7 nitrogen and oxygen atoms in total. The van der Waals surface area contributed by atoms with E-state index in [1.165, 1.54) is 0 Å². The van der Waals surface area contributed by atoms with Crippen molar-refractivity contribution in [3.63, 3.8) is 0 Å². The van der Waals surface area contributed by atoms with Crippen molar-refractivity contribution in [2.45, 2.75) is 33.4 Å². The summed E-state index contributed by atoms with van der Waals surface area (Å²) in [6, 6.07) is 13.3. The van der Waals surface area contributed by atoms with Gasteiger partial charge in [0.1, 0.15) is 17.3 Å². The van der Waals surface area contributed by atoms with E-state index in [0.717, 1.165) is 0 Å². The number of ether oxygens (including phenoxy) is 2. The van der Waals surface area contributed by atoms with E-state index in [4.69, 9.17) is 13.9 Å². The number of hydrogen-bond acceptors (Lipinski definition) is 6. The van der Waals surface area contributed by atoms with Crippen LogP contribution in [0.1, 0.15) is 37.0 Å². The summed E-state index contributed by atoms with van der Waals surface area (Å²) in [4.78, 5) is 29.4. The van der Waals surface area contributed by atoms with Crippen molar-refractivity contribution in [3.8, 4) is 5.75 Å². The van der Waals surface area contributed by atoms with Crippen molar-refractivity contribution in [1.82, 2.24) is 10.3 Å². The number of carbonyl (C=O) groups is 2. The predicted octanol–water partition coefficient (Wildman–Crippen LogP) is 3.72. The summed E-state index contributed by atoms with van der Waals surface area (Å²) in [6.07, 6.45) is 0. The van der Waals surface area contributed by atoms with Crippen LogP contribution < -0.4 is 10.1 Å². The molecule has 0 saturated heterocycles. The topological polar surface area (TPSA) is 90.7 Å². The third-order valence-electron chi connectivity index (χ3n) is 4.31. The second-order valence-electron chi connectivity index (χ2n) is 6.84. The zero-order valence-electron chi connectivity index (χ0n) is 16.7. The van der Waals surface area contributed by atoms with Gasteiger partial charge in [-0.05, 0) is 49.2 Å². The minimum Gasteiger partial charge on any atom is -0.494 e. The van der Waals surface area contributed by atoms with Crippen LogP contribution in [0.25, 0.3) is 11.1 Å². The van der Waals surface area contributed by atoms with Crippen molar-refractivity contribution in [1.29, 1.82) is 0 Å². The molecule has 7 heteroatoms. The fourth-order valence-electron chi connectivity index (χ4n) is 2.80. The van der Waals surface area contributed by atoms with Crippen LogP contribution >= 0.6 is 0 Å². The molecule has 3 aromatic rings. The molecule has 0 radical (unpaired) electrons. The average Bonchev–Trinajstić information content (AvgIpc) is 3.13. The van der Waals surface area contributed by atoms with E-state index in [0.29, 0.717) is 34.9 Å². The Bertz CT molecular complexity index is 945. The van der Waals surface area contributed by atoms with E-state index >= 15 is 0 Å². The number of para-hydroxylation sites is 2. The van der Waals surface area contributed by atoms with Crippen LogP contribution in [0.3, 0.4) is 0 Å². The number of fused-ring (bicyclic) bond motifs is 1. The molecule has 0 saturated carbocycles. The van der Waals surface area contributed by atoms with E-state index < -0.39 is 12.0 Å². The molecule has 152 valence electrons. The first-order chi connectivity index (χ1) is 14.0. The minimum absolute atomic E-state index is 0.102. The van der Waals surface area contributed by atoms with Gasteiger partial charge < -0.3 is 19.2 Å². The van der Waals surface area contributed by atoms with Crippen LogP contribution in [0.15, 0.2) is 52.9 Å². The standard InChI is InChI=1S/C22H24N2O5/c1-4-27-16-11-9-15(10-12-16)21(25)24-20(14(2)3)22(26)28-13-19-23-17-7-5-6-8-18(17)29-19/h5-12,14,20H,4,13H2,1-3H3,(H,24,25)/t20-/m0/s1. The Morgan fingerprint density at radius 2 is 1.83 bits per heavy atom. The number of oxazole rings is 1. The number of carbonyl (C=O) groups excluding carboxylic acids is 2. The van der Waals surface area contributed by atoms with Crippen molar-refractivity contribution < 1.29 is 23.5 Å². The zero-order valence-corrected chi connectivity index (χ0v) is 16.7. The molecule has 1 aromatic heterocycles. The smallest absolute Gasteiger partial charge is 0.329 e. The molecule has 1 N–H and O–H groups in total. The highest BCUT2D eigenvalue weighted by molar-refractivity contribution is 5.96. The molecule has 0 bridgehead atoms.